The Morgan fingerprint density at radius 3 is 2.33 bits per heavy atom. The number of nitrogens with zero attached hydrogens (tertiary/aromatic N) is 2. The molecule has 0 saturated carbocycles. The first-order valence-corrected chi connectivity index (χ1v) is 2.23. The second-order valence-corrected chi connectivity index (χ2v) is 1.94. The van der Waals surface area contributed by atoms with Crippen LogP contribution in [0, 0.1) is 21.4 Å². The molecule has 0 fully saturated rings. The summed E-state index contributed by atoms with van der Waals surface area (Å²) in [6.45, 7) is 2.63. The number of hydrogen-bond donors (Lipinski definition) is 0. The lowest BCUT2D eigenvalue weighted by Crippen LogP contribution is -2.24. The molecule has 0 bridgehead atoms. The predicted molar refractivity (Wildman–Crippen MR) is 27.8 cm³/mol. The molecule has 5 nitrogen and oxygen atoms in total. The molecule has 0 aromatic carbocycles. The van der Waals surface area contributed by atoms with E-state index in [0.29, 0.717) is 0 Å². The van der Waals surface area contributed by atoms with Crippen LogP contribution < -0.4 is 0 Å². The van der Waals surface area contributed by atoms with Gasteiger partial charge in [0.25, 0.3) is 5.09 Å². The van der Waals surface area contributed by atoms with Crippen molar-refractivity contribution in [2.24, 2.45) is 0 Å². The van der Waals surface area contributed by atoms with Crippen molar-refractivity contribution in [2.75, 3.05) is 0 Å². The number of rotatable bonds is 2. The van der Waals surface area contributed by atoms with Gasteiger partial charge in [-0.1, -0.05) is 0 Å². The predicted octanol–water partition coefficient (Wildman–Crippen LogP) is 0.497. The molecule has 0 rings (SSSR count). The Balaban J connectivity index is 3.91. The van der Waals surface area contributed by atoms with Crippen LogP contribution >= 0.6 is 0 Å². The minimum Gasteiger partial charge on any atom is -0.293 e. The molecule has 0 aromatic rings. The molecule has 0 amide bonds. The second kappa shape index (κ2) is 2.31. The molecular formula is C4H6N2O3. The summed E-state index contributed by atoms with van der Waals surface area (Å²) < 4.78 is 0. The van der Waals surface area contributed by atoms with Gasteiger partial charge in [0.15, 0.2) is 5.60 Å². The van der Waals surface area contributed by atoms with E-state index < -0.39 is 10.7 Å². The maximum atomic E-state index is 9.61. The van der Waals surface area contributed by atoms with Crippen LogP contribution in [0.3, 0.4) is 0 Å². The van der Waals surface area contributed by atoms with E-state index in [9.17, 15) is 10.1 Å². The smallest absolute Gasteiger partial charge is 0.293 e. The monoisotopic (exact) mass is 130 g/mol. The molecule has 0 atom stereocenters. The lowest BCUT2D eigenvalue weighted by atomic mass is 10.2. The summed E-state index contributed by atoms with van der Waals surface area (Å²) in [5.41, 5.74) is -1.33. The van der Waals surface area contributed by atoms with E-state index >= 15 is 0 Å². The molecule has 9 heavy (non-hydrogen) atoms. The van der Waals surface area contributed by atoms with Crippen molar-refractivity contribution in [3.8, 4) is 6.07 Å². The molecule has 0 aromatic heterocycles. The molecule has 0 aliphatic rings. The van der Waals surface area contributed by atoms with E-state index in [4.69, 9.17) is 5.26 Å². The Hall–Kier alpha value is -1.31. The Labute approximate surface area is 51.9 Å². The highest BCUT2D eigenvalue weighted by atomic mass is 17.0. The molecule has 0 aliphatic heterocycles. The second-order valence-electron chi connectivity index (χ2n) is 1.94. The van der Waals surface area contributed by atoms with Gasteiger partial charge >= 0.3 is 0 Å². The fourth-order valence-electron chi connectivity index (χ4n) is 0.207. The van der Waals surface area contributed by atoms with E-state index in [2.05, 4.69) is 4.84 Å². The summed E-state index contributed by atoms with van der Waals surface area (Å²) in [4.78, 5) is 13.6. The van der Waals surface area contributed by atoms with Gasteiger partial charge in [0.05, 0.1) is 6.07 Å². The summed E-state index contributed by atoms with van der Waals surface area (Å²) in [5.74, 6) is 0. The first-order valence-electron chi connectivity index (χ1n) is 2.23. The van der Waals surface area contributed by atoms with Crippen LogP contribution in [0.2, 0.25) is 0 Å². The van der Waals surface area contributed by atoms with Crippen molar-refractivity contribution < 1.29 is 9.92 Å². The first kappa shape index (κ1) is 7.69. The average Bonchev–Trinajstić information content (AvgIpc) is 1.63. The van der Waals surface area contributed by atoms with E-state index in [1.54, 1.807) is 6.07 Å². The van der Waals surface area contributed by atoms with E-state index in [1.807, 2.05) is 0 Å². The first-order chi connectivity index (χ1) is 3.98. The molecule has 5 heteroatoms. The van der Waals surface area contributed by atoms with Gasteiger partial charge in [-0.05, 0) is 13.8 Å². The maximum Gasteiger partial charge on any atom is 0.296 e. The third kappa shape index (κ3) is 3.29. The lowest BCUT2D eigenvalue weighted by Gasteiger charge is -2.10. The lowest BCUT2D eigenvalue weighted by molar-refractivity contribution is -0.774. The summed E-state index contributed by atoms with van der Waals surface area (Å²) in [6, 6.07) is 1.61. The SMILES string of the molecule is CC(C)(C#N)O[N+](=O)[O-]. The zero-order chi connectivity index (χ0) is 7.49. The molecule has 0 spiro atoms. The quantitative estimate of drug-likeness (QED) is 0.402. The number of hydrogen-bond acceptors (Lipinski definition) is 4. The molecule has 0 aliphatic carbocycles. The van der Waals surface area contributed by atoms with Gasteiger partial charge < -0.3 is 0 Å². The van der Waals surface area contributed by atoms with Crippen molar-refractivity contribution >= 4 is 0 Å². The molecule has 0 saturated heterocycles. The third-order valence-electron chi connectivity index (χ3n) is 0.572. The Bertz CT molecular complexity index is 158. The van der Waals surface area contributed by atoms with Crippen molar-refractivity contribution in [3.05, 3.63) is 10.1 Å². The highest BCUT2D eigenvalue weighted by Crippen LogP contribution is 2.05. The Morgan fingerprint density at radius 2 is 2.22 bits per heavy atom. The summed E-state index contributed by atoms with van der Waals surface area (Å²) in [5, 5.41) is 16.8. The zero-order valence-corrected chi connectivity index (χ0v) is 5.12. The van der Waals surface area contributed by atoms with Gasteiger partial charge in [0.2, 0.25) is 0 Å². The van der Waals surface area contributed by atoms with Crippen LogP contribution in [0.4, 0.5) is 0 Å². The van der Waals surface area contributed by atoms with E-state index in [1.165, 1.54) is 13.8 Å². The van der Waals surface area contributed by atoms with Gasteiger partial charge in [-0.15, -0.1) is 10.1 Å². The zero-order valence-electron chi connectivity index (χ0n) is 5.12. The average molecular weight is 130 g/mol. The standard InChI is InChI=1S/C4H6N2O3/c1-4(2,3-5)9-6(7)8/h1-2H3. The molecule has 0 unspecified atom stereocenters. The largest absolute Gasteiger partial charge is 0.296 e. The van der Waals surface area contributed by atoms with E-state index in [0.717, 1.165) is 0 Å². The topological polar surface area (TPSA) is 76.2 Å². The van der Waals surface area contributed by atoms with Gasteiger partial charge in [0.1, 0.15) is 0 Å². The van der Waals surface area contributed by atoms with Crippen LogP contribution in [-0.4, -0.2) is 10.7 Å². The van der Waals surface area contributed by atoms with Crippen molar-refractivity contribution in [2.45, 2.75) is 19.4 Å². The number of nitriles is 1. The van der Waals surface area contributed by atoms with Crippen LogP contribution in [0.1, 0.15) is 13.8 Å². The third-order valence-corrected chi connectivity index (χ3v) is 0.572. The molecule has 0 heterocycles. The van der Waals surface area contributed by atoms with Crippen molar-refractivity contribution in [1.82, 2.24) is 0 Å². The minimum atomic E-state index is -1.33. The molecule has 50 valence electrons. The van der Waals surface area contributed by atoms with Gasteiger partial charge in [-0.2, -0.15) is 5.26 Å². The van der Waals surface area contributed by atoms with Gasteiger partial charge in [-0.25, -0.2) is 0 Å². The fraction of sp³-hybridized carbons (Fsp3) is 0.750. The highest BCUT2D eigenvalue weighted by Gasteiger charge is 2.20. The molecule has 0 radical (unpaired) electrons. The van der Waals surface area contributed by atoms with Crippen LogP contribution in [-0.2, 0) is 4.84 Å². The fourth-order valence-corrected chi connectivity index (χ4v) is 0.207. The normalized spacial score (nSPS) is 9.89. The minimum absolute atomic E-state index is 0.983. The van der Waals surface area contributed by atoms with Crippen molar-refractivity contribution in [1.29, 1.82) is 5.26 Å². The Morgan fingerprint density at radius 1 is 1.78 bits per heavy atom. The van der Waals surface area contributed by atoms with Gasteiger partial charge in [-0.3, -0.25) is 4.84 Å². The van der Waals surface area contributed by atoms with E-state index in [-0.39, 0.29) is 0 Å². The van der Waals surface area contributed by atoms with Crippen LogP contribution in [0.5, 0.6) is 0 Å². The van der Waals surface area contributed by atoms with Crippen LogP contribution in [0.25, 0.3) is 0 Å². The summed E-state index contributed by atoms with van der Waals surface area (Å²) in [6.07, 6.45) is 0. The summed E-state index contributed by atoms with van der Waals surface area (Å²) in [7, 11) is 0. The van der Waals surface area contributed by atoms with Crippen LogP contribution in [0.15, 0.2) is 0 Å². The highest BCUT2D eigenvalue weighted by molar-refractivity contribution is 4.92. The summed E-state index contributed by atoms with van der Waals surface area (Å²) >= 11 is 0. The maximum absolute atomic E-state index is 9.61. The Kier molecular flexibility index (Phi) is 1.97. The molecular weight excluding hydrogens is 124 g/mol. The van der Waals surface area contributed by atoms with Crippen molar-refractivity contribution in [3.63, 3.8) is 0 Å². The van der Waals surface area contributed by atoms with Gasteiger partial charge in [0, 0.05) is 0 Å². The molecule has 0 N–H and O–H groups in total.